The molecule has 1 aromatic carbocycles. The number of anilines is 1. The van der Waals surface area contributed by atoms with Crippen molar-refractivity contribution in [2.24, 2.45) is 14.1 Å². The number of aromatic nitrogens is 4. The summed E-state index contributed by atoms with van der Waals surface area (Å²) in [4.78, 5) is 58.6. The topological polar surface area (TPSA) is 122 Å². The molecule has 12 heteroatoms. The predicted octanol–water partition coefficient (Wildman–Crippen LogP) is 3.24. The quantitative estimate of drug-likeness (QED) is 0.227. The van der Waals surface area contributed by atoms with Gasteiger partial charge in [0.1, 0.15) is 16.2 Å². The lowest BCUT2D eigenvalue weighted by atomic mass is 9.97. The summed E-state index contributed by atoms with van der Waals surface area (Å²) < 4.78 is 3.41. The molecule has 0 radical (unpaired) electrons. The number of fused-ring (bicyclic) bond motifs is 3. The minimum atomic E-state index is -0.761. The Kier molecular flexibility index (Phi) is 6.63. The van der Waals surface area contributed by atoms with Gasteiger partial charge in [0.05, 0.1) is 16.8 Å². The monoisotopic (exact) mass is 557 g/mol. The molecular formula is C25H24ClN5O4S2. The summed E-state index contributed by atoms with van der Waals surface area (Å²) in [5.74, 6) is -0.968. The molecule has 0 bridgehead atoms. The minimum Gasteiger partial charge on any atom is -0.384 e. The van der Waals surface area contributed by atoms with Crippen molar-refractivity contribution in [3.8, 4) is 5.69 Å². The van der Waals surface area contributed by atoms with Gasteiger partial charge in [-0.15, -0.1) is 11.3 Å². The number of ketones is 1. The van der Waals surface area contributed by atoms with E-state index in [9.17, 15) is 19.2 Å². The molecule has 9 nitrogen and oxygen atoms in total. The normalized spacial score (nSPS) is 13.2. The van der Waals surface area contributed by atoms with E-state index in [-0.39, 0.29) is 22.7 Å². The van der Waals surface area contributed by atoms with Crippen molar-refractivity contribution in [3.05, 3.63) is 76.0 Å². The molecule has 0 spiro atoms. The zero-order valence-electron chi connectivity index (χ0n) is 20.5. The van der Waals surface area contributed by atoms with Crippen LogP contribution in [0.1, 0.15) is 39.2 Å². The van der Waals surface area contributed by atoms with E-state index in [1.54, 1.807) is 18.2 Å². The third kappa shape index (κ3) is 4.14. The van der Waals surface area contributed by atoms with Gasteiger partial charge in [-0.3, -0.25) is 28.1 Å². The standard InChI is InChI=1S/C25H24ClN5O4S2/c1-12-14(26)8-6-9-15(12)31-23(34)18-13-7-4-5-10-17(13)37-21(18)28-24(31)36-11-16(32)19-20(27)29(2)25(35)30(3)22(19)33/h6,8-9H,4-5,7,10-11,27H2,1-3H3. The van der Waals surface area contributed by atoms with Gasteiger partial charge in [0.2, 0.25) is 0 Å². The molecule has 5 rings (SSSR count). The van der Waals surface area contributed by atoms with E-state index in [2.05, 4.69) is 0 Å². The Bertz CT molecular complexity index is 1780. The maximum Gasteiger partial charge on any atom is 0.332 e. The van der Waals surface area contributed by atoms with Crippen LogP contribution in [-0.2, 0) is 26.9 Å². The van der Waals surface area contributed by atoms with Crippen LogP contribution in [0.3, 0.4) is 0 Å². The van der Waals surface area contributed by atoms with Crippen LogP contribution in [0.2, 0.25) is 5.02 Å². The van der Waals surface area contributed by atoms with Crippen molar-refractivity contribution in [1.29, 1.82) is 0 Å². The van der Waals surface area contributed by atoms with Crippen molar-refractivity contribution in [3.63, 3.8) is 0 Å². The number of benzene rings is 1. The Morgan fingerprint density at radius 3 is 2.62 bits per heavy atom. The average Bonchev–Trinajstić information content (AvgIpc) is 3.26. The summed E-state index contributed by atoms with van der Waals surface area (Å²) in [6.07, 6.45) is 3.85. The first kappa shape index (κ1) is 25.5. The van der Waals surface area contributed by atoms with Crippen molar-refractivity contribution in [1.82, 2.24) is 18.7 Å². The number of halogens is 1. The molecule has 0 amide bonds. The van der Waals surface area contributed by atoms with Crippen molar-refractivity contribution >= 4 is 56.5 Å². The molecule has 1 aliphatic carbocycles. The van der Waals surface area contributed by atoms with Gasteiger partial charge in [-0.25, -0.2) is 9.78 Å². The number of hydrogen-bond donors (Lipinski definition) is 1. The summed E-state index contributed by atoms with van der Waals surface area (Å²) in [5, 5.41) is 1.44. The van der Waals surface area contributed by atoms with E-state index in [1.807, 2.05) is 6.92 Å². The Morgan fingerprint density at radius 1 is 1.14 bits per heavy atom. The van der Waals surface area contributed by atoms with E-state index in [4.69, 9.17) is 22.3 Å². The van der Waals surface area contributed by atoms with Crippen LogP contribution in [0.25, 0.3) is 15.9 Å². The molecular weight excluding hydrogens is 534 g/mol. The van der Waals surface area contributed by atoms with E-state index in [0.717, 1.165) is 52.1 Å². The van der Waals surface area contributed by atoms with Gasteiger partial charge in [-0.1, -0.05) is 29.4 Å². The second-order valence-corrected chi connectivity index (χ2v) is 11.4. The van der Waals surface area contributed by atoms with Gasteiger partial charge in [0.25, 0.3) is 11.1 Å². The number of Topliss-reactive ketones (excluding diaryl/α,β-unsaturated/α-hetero) is 1. The van der Waals surface area contributed by atoms with Crippen LogP contribution in [0.4, 0.5) is 5.82 Å². The molecule has 3 heterocycles. The van der Waals surface area contributed by atoms with Crippen LogP contribution in [0.15, 0.2) is 37.7 Å². The number of thioether (sulfide) groups is 1. The number of thiophene rings is 1. The number of rotatable bonds is 5. The number of hydrogen-bond acceptors (Lipinski definition) is 8. The van der Waals surface area contributed by atoms with E-state index >= 15 is 0 Å². The smallest absolute Gasteiger partial charge is 0.332 e. The fraction of sp³-hybridized carbons (Fsp3) is 0.320. The lowest BCUT2D eigenvalue weighted by Gasteiger charge is -2.16. The third-order valence-corrected chi connectivity index (χ3v) is 9.29. The zero-order chi connectivity index (χ0) is 26.6. The molecule has 0 atom stereocenters. The van der Waals surface area contributed by atoms with Crippen LogP contribution in [0, 0.1) is 6.92 Å². The second kappa shape index (κ2) is 9.62. The fourth-order valence-electron chi connectivity index (χ4n) is 4.66. The second-order valence-electron chi connectivity index (χ2n) is 8.99. The van der Waals surface area contributed by atoms with Gasteiger partial charge < -0.3 is 5.73 Å². The maximum atomic E-state index is 14.0. The first-order chi connectivity index (χ1) is 17.6. The molecule has 1 aliphatic rings. The number of carbonyl (C=O) groups excluding carboxylic acids is 1. The molecule has 192 valence electrons. The van der Waals surface area contributed by atoms with Gasteiger partial charge >= 0.3 is 5.69 Å². The minimum absolute atomic E-state index is 0.198. The lowest BCUT2D eigenvalue weighted by molar-refractivity contribution is 0.102. The number of nitrogen functional groups attached to an aromatic ring is 1. The highest BCUT2D eigenvalue weighted by molar-refractivity contribution is 7.99. The van der Waals surface area contributed by atoms with Crippen molar-refractivity contribution < 1.29 is 4.79 Å². The van der Waals surface area contributed by atoms with Crippen LogP contribution in [0.5, 0.6) is 0 Å². The Hall–Kier alpha value is -3.15. The predicted molar refractivity (Wildman–Crippen MR) is 148 cm³/mol. The highest BCUT2D eigenvalue weighted by Crippen LogP contribution is 2.36. The zero-order valence-corrected chi connectivity index (χ0v) is 22.9. The van der Waals surface area contributed by atoms with Crippen LogP contribution >= 0.6 is 34.7 Å². The molecule has 0 unspecified atom stereocenters. The van der Waals surface area contributed by atoms with E-state index in [0.29, 0.717) is 31.6 Å². The van der Waals surface area contributed by atoms with E-state index in [1.165, 1.54) is 34.9 Å². The summed E-state index contributed by atoms with van der Waals surface area (Å²) in [7, 11) is 2.69. The third-order valence-electron chi connectivity index (χ3n) is 6.76. The van der Waals surface area contributed by atoms with Crippen molar-refractivity contribution in [2.45, 2.75) is 37.8 Å². The van der Waals surface area contributed by atoms with Gasteiger partial charge in [0.15, 0.2) is 10.9 Å². The largest absolute Gasteiger partial charge is 0.384 e. The Balaban J connectivity index is 1.65. The number of nitrogens with zero attached hydrogens (tertiary/aromatic N) is 4. The fourth-order valence-corrected chi connectivity index (χ4v) is 7.01. The van der Waals surface area contributed by atoms with E-state index < -0.39 is 17.0 Å². The molecule has 0 saturated carbocycles. The highest BCUT2D eigenvalue weighted by Gasteiger charge is 2.25. The van der Waals surface area contributed by atoms with Crippen molar-refractivity contribution in [2.75, 3.05) is 11.5 Å². The van der Waals surface area contributed by atoms with Gasteiger partial charge in [0, 0.05) is 24.0 Å². The summed E-state index contributed by atoms with van der Waals surface area (Å²) in [5.41, 5.74) is 6.47. The average molecular weight is 558 g/mol. The number of aryl methyl sites for hydroxylation is 2. The molecule has 0 aliphatic heterocycles. The molecule has 0 saturated heterocycles. The Labute approximate surface area is 224 Å². The molecule has 2 N–H and O–H groups in total. The number of nitrogens with two attached hydrogens (primary N) is 1. The SMILES string of the molecule is Cc1c(Cl)cccc1-n1c(SCC(=O)c2c(N)n(C)c(=O)n(C)c2=O)nc2sc3c(c2c1=O)CCCC3. The lowest BCUT2D eigenvalue weighted by Crippen LogP contribution is -2.41. The highest BCUT2D eigenvalue weighted by atomic mass is 35.5. The summed E-state index contributed by atoms with van der Waals surface area (Å²) in [6.45, 7) is 1.83. The first-order valence-electron chi connectivity index (χ1n) is 11.7. The molecule has 37 heavy (non-hydrogen) atoms. The van der Waals surface area contributed by atoms with Gasteiger partial charge in [-0.05, 0) is 55.9 Å². The molecule has 0 fully saturated rings. The summed E-state index contributed by atoms with van der Waals surface area (Å²) in [6, 6.07) is 5.30. The summed E-state index contributed by atoms with van der Waals surface area (Å²) >= 11 is 8.95. The Morgan fingerprint density at radius 2 is 1.86 bits per heavy atom. The maximum absolute atomic E-state index is 14.0. The molecule has 4 aromatic rings. The van der Waals surface area contributed by atoms with Gasteiger partial charge in [-0.2, -0.15) is 0 Å². The number of carbonyl (C=O) groups is 1. The molecule has 3 aromatic heterocycles. The van der Waals surface area contributed by atoms with Crippen LogP contribution < -0.4 is 22.5 Å². The first-order valence-corrected chi connectivity index (χ1v) is 13.8. The van der Waals surface area contributed by atoms with Crippen LogP contribution in [-0.4, -0.2) is 30.2 Å².